The van der Waals surface area contributed by atoms with Crippen LogP contribution in [0.1, 0.15) is 74.2 Å². The van der Waals surface area contributed by atoms with Gasteiger partial charge in [0.25, 0.3) is 0 Å². The first-order valence-corrected chi connectivity index (χ1v) is 13.4. The molecule has 7 heteroatoms. The molecular weight excluding hydrogens is 454 g/mol. The molecule has 3 aliphatic rings. The number of nitrogens with zero attached hydrogens (tertiary/aromatic N) is 2. The highest BCUT2D eigenvalue weighted by Gasteiger charge is 2.41. The smallest absolute Gasteiger partial charge is 0.325 e. The molecule has 1 aromatic carbocycles. The molecule has 2 unspecified atom stereocenters. The van der Waals surface area contributed by atoms with E-state index in [0.29, 0.717) is 32.3 Å². The summed E-state index contributed by atoms with van der Waals surface area (Å²) in [5, 5.41) is 13.7. The summed E-state index contributed by atoms with van der Waals surface area (Å²) < 4.78 is 11.8. The van der Waals surface area contributed by atoms with E-state index in [2.05, 4.69) is 36.3 Å². The Morgan fingerprint density at radius 3 is 2.89 bits per heavy atom. The highest BCUT2D eigenvalue weighted by atomic mass is 16.5. The van der Waals surface area contributed by atoms with Crippen LogP contribution < -0.4 is 5.32 Å². The Morgan fingerprint density at radius 1 is 1.22 bits per heavy atom. The average molecular weight is 494 g/mol. The van der Waals surface area contributed by atoms with E-state index in [-0.39, 0.29) is 11.5 Å². The molecule has 0 amide bonds. The molecule has 0 saturated carbocycles. The predicted octanol–water partition coefficient (Wildman–Crippen LogP) is 4.70. The van der Waals surface area contributed by atoms with Crippen molar-refractivity contribution in [2.45, 2.75) is 82.6 Å². The molecule has 1 aromatic heterocycles. The van der Waals surface area contributed by atoms with Gasteiger partial charge in [-0.25, -0.2) is 4.98 Å². The van der Waals surface area contributed by atoms with Crippen LogP contribution >= 0.6 is 0 Å². The maximum absolute atomic E-state index is 12.3. The number of carboxylic acids is 1. The molecule has 7 nitrogen and oxygen atoms in total. The molecule has 0 spiro atoms. The summed E-state index contributed by atoms with van der Waals surface area (Å²) in [5.41, 5.74) is 4.27. The van der Waals surface area contributed by atoms with Crippen LogP contribution in [0.4, 0.5) is 5.82 Å². The lowest BCUT2D eigenvalue weighted by Gasteiger charge is -2.44. The fraction of sp³-hybridized carbons (Fsp3) is 0.586. The van der Waals surface area contributed by atoms with Crippen molar-refractivity contribution < 1.29 is 19.4 Å². The molecule has 0 radical (unpaired) electrons. The lowest BCUT2D eigenvalue weighted by molar-refractivity contribution is -0.151. The number of hydrogen-bond donors (Lipinski definition) is 2. The summed E-state index contributed by atoms with van der Waals surface area (Å²) in [6, 6.07) is 10.0. The molecule has 2 atom stereocenters. The summed E-state index contributed by atoms with van der Waals surface area (Å²) >= 11 is 0. The number of aliphatic carboxylic acids is 1. The minimum Gasteiger partial charge on any atom is -0.480 e. The van der Waals surface area contributed by atoms with Crippen molar-refractivity contribution in [3.8, 4) is 0 Å². The molecule has 5 rings (SSSR count). The van der Waals surface area contributed by atoms with Crippen LogP contribution in [0.15, 0.2) is 36.5 Å². The van der Waals surface area contributed by atoms with Gasteiger partial charge in [-0.15, -0.1) is 0 Å². The van der Waals surface area contributed by atoms with Crippen molar-refractivity contribution in [1.29, 1.82) is 0 Å². The quantitative estimate of drug-likeness (QED) is 0.464. The number of rotatable bonds is 10. The molecule has 1 fully saturated rings. The van der Waals surface area contributed by atoms with Crippen molar-refractivity contribution in [3.63, 3.8) is 0 Å². The fourth-order valence-electron chi connectivity index (χ4n) is 6.06. The normalized spacial score (nSPS) is 22.1. The molecule has 2 aromatic rings. The minimum absolute atomic E-state index is 0.116. The molecule has 194 valence electrons. The first-order chi connectivity index (χ1) is 17.4. The van der Waals surface area contributed by atoms with Gasteiger partial charge in [-0.2, -0.15) is 0 Å². The Bertz CT molecular complexity index is 1070. The van der Waals surface area contributed by atoms with Crippen molar-refractivity contribution in [2.75, 3.05) is 31.6 Å². The number of hydrogen-bond acceptors (Lipinski definition) is 6. The van der Waals surface area contributed by atoms with E-state index in [4.69, 9.17) is 9.47 Å². The van der Waals surface area contributed by atoms with E-state index in [0.717, 1.165) is 54.8 Å². The number of aromatic nitrogens is 1. The zero-order chi connectivity index (χ0) is 25.1. The van der Waals surface area contributed by atoms with E-state index in [1.165, 1.54) is 18.4 Å². The summed E-state index contributed by atoms with van der Waals surface area (Å²) in [4.78, 5) is 18.8. The average Bonchev–Trinajstić information content (AvgIpc) is 2.83. The van der Waals surface area contributed by atoms with Gasteiger partial charge in [0.2, 0.25) is 0 Å². The van der Waals surface area contributed by atoms with E-state index in [1.54, 1.807) is 0 Å². The topological polar surface area (TPSA) is 83.9 Å². The third-order valence-corrected chi connectivity index (χ3v) is 7.89. The Labute approximate surface area is 214 Å². The van der Waals surface area contributed by atoms with Gasteiger partial charge >= 0.3 is 5.97 Å². The first kappa shape index (κ1) is 25.2. The van der Waals surface area contributed by atoms with Crippen LogP contribution in [0, 0.1) is 0 Å². The van der Waals surface area contributed by atoms with E-state index in [9.17, 15) is 9.90 Å². The van der Waals surface area contributed by atoms with E-state index >= 15 is 0 Å². The monoisotopic (exact) mass is 493 g/mol. The van der Waals surface area contributed by atoms with Crippen LogP contribution in [0.2, 0.25) is 0 Å². The summed E-state index contributed by atoms with van der Waals surface area (Å²) in [5.74, 6) is 0.262. The maximum atomic E-state index is 12.3. The highest BCUT2D eigenvalue weighted by molar-refractivity contribution is 5.77. The third-order valence-electron chi connectivity index (χ3n) is 7.89. The largest absolute Gasteiger partial charge is 0.480 e. The molecule has 1 saturated heterocycles. The van der Waals surface area contributed by atoms with Crippen LogP contribution in [-0.2, 0) is 32.7 Å². The Kier molecular flexibility index (Phi) is 7.60. The minimum atomic E-state index is -0.793. The number of carbonyl (C=O) groups is 1. The van der Waals surface area contributed by atoms with Gasteiger partial charge in [-0.05, 0) is 54.0 Å². The molecule has 0 bridgehead atoms. The zero-order valence-electron chi connectivity index (χ0n) is 21.5. The van der Waals surface area contributed by atoms with Crippen molar-refractivity contribution in [2.24, 2.45) is 0 Å². The fourth-order valence-corrected chi connectivity index (χ4v) is 6.06. The molecule has 3 aliphatic heterocycles. The SMILES string of the molecule is CC1(C)COCc2cccc(C(C(=O)O)N3CC(OCCCCCC4CCc5cccnc5N4)C3)c21. The molecule has 4 heterocycles. The lowest BCUT2D eigenvalue weighted by atomic mass is 9.76. The van der Waals surface area contributed by atoms with Crippen LogP contribution in [0.25, 0.3) is 0 Å². The van der Waals surface area contributed by atoms with Gasteiger partial charge in [-0.3, -0.25) is 9.69 Å². The number of carboxylic acid groups (broad SMARTS) is 1. The number of aryl methyl sites for hydroxylation is 1. The van der Waals surface area contributed by atoms with Gasteiger partial charge in [-0.1, -0.05) is 51.0 Å². The van der Waals surface area contributed by atoms with Gasteiger partial charge < -0.3 is 19.9 Å². The third kappa shape index (κ3) is 5.43. The highest BCUT2D eigenvalue weighted by Crippen LogP contribution is 2.40. The predicted molar refractivity (Wildman–Crippen MR) is 139 cm³/mol. The number of benzene rings is 1. The molecule has 36 heavy (non-hydrogen) atoms. The van der Waals surface area contributed by atoms with Crippen molar-refractivity contribution >= 4 is 11.8 Å². The number of fused-ring (bicyclic) bond motifs is 2. The van der Waals surface area contributed by atoms with Crippen LogP contribution in [0.5, 0.6) is 0 Å². The second-order valence-electron chi connectivity index (χ2n) is 11.2. The molecule has 2 N–H and O–H groups in total. The van der Waals surface area contributed by atoms with Crippen LogP contribution in [-0.4, -0.2) is 59.4 Å². The molecular formula is C29H39N3O4. The van der Waals surface area contributed by atoms with Crippen molar-refractivity contribution in [3.05, 3.63) is 58.8 Å². The summed E-state index contributed by atoms with van der Waals surface area (Å²) in [7, 11) is 0. The van der Waals surface area contributed by atoms with Crippen LogP contribution in [0.3, 0.4) is 0 Å². The van der Waals surface area contributed by atoms with Crippen molar-refractivity contribution in [1.82, 2.24) is 9.88 Å². The number of nitrogens with one attached hydrogen (secondary N) is 1. The Balaban J connectivity index is 1.05. The Morgan fingerprint density at radius 2 is 2.06 bits per heavy atom. The Hall–Kier alpha value is -2.48. The number of likely N-dealkylation sites (tertiary alicyclic amines) is 1. The zero-order valence-corrected chi connectivity index (χ0v) is 21.5. The number of pyridine rings is 1. The maximum Gasteiger partial charge on any atom is 0.325 e. The lowest BCUT2D eigenvalue weighted by Crippen LogP contribution is -2.55. The number of ether oxygens (including phenoxy) is 2. The second-order valence-corrected chi connectivity index (χ2v) is 11.2. The van der Waals surface area contributed by atoms with Gasteiger partial charge in [0.15, 0.2) is 0 Å². The van der Waals surface area contributed by atoms with Gasteiger partial charge in [0.1, 0.15) is 11.9 Å². The van der Waals surface area contributed by atoms with Gasteiger partial charge in [0, 0.05) is 37.4 Å². The molecule has 0 aliphatic carbocycles. The van der Waals surface area contributed by atoms with E-state index in [1.807, 2.05) is 29.3 Å². The van der Waals surface area contributed by atoms with Gasteiger partial charge in [0.05, 0.1) is 19.3 Å². The van der Waals surface area contributed by atoms with E-state index < -0.39 is 12.0 Å². The number of anilines is 1. The summed E-state index contributed by atoms with van der Waals surface area (Å²) in [6.45, 7) is 7.49. The standard InChI is InChI=1S/C29H39N3O4/c1-29(2)19-35-18-21-8-6-11-24(25(21)29)26(28(33)34)32-16-23(17-32)36-15-5-3-4-10-22-13-12-20-9-7-14-30-27(20)31-22/h6-9,11,14,22-23,26H,3-5,10,12-13,15-19H2,1-2H3,(H,30,31)(H,33,34). The number of unbranched alkanes of at least 4 members (excludes halogenated alkanes) is 2. The second kappa shape index (κ2) is 10.9. The first-order valence-electron chi connectivity index (χ1n) is 13.4. The summed E-state index contributed by atoms with van der Waals surface area (Å²) in [6.07, 6.45) is 8.79.